The summed E-state index contributed by atoms with van der Waals surface area (Å²) in [5.74, 6) is -0.0503. The minimum atomic E-state index is -0.0503. The van der Waals surface area contributed by atoms with E-state index in [1.54, 1.807) is 0 Å². The fourth-order valence-corrected chi connectivity index (χ4v) is 1.92. The average molecular weight is 283 g/mol. The number of carbonyl (C=O) groups excluding carboxylic acids is 1. The molecule has 2 N–H and O–H groups in total. The lowest BCUT2D eigenvalue weighted by Gasteiger charge is -2.11. The Morgan fingerprint density at radius 2 is 2.05 bits per heavy atom. The highest BCUT2D eigenvalue weighted by atomic mass is 16.1. The van der Waals surface area contributed by atoms with E-state index in [-0.39, 0.29) is 11.9 Å². The maximum Gasteiger partial charge on any atom is 0.251 e. The molecule has 21 heavy (non-hydrogen) atoms. The summed E-state index contributed by atoms with van der Waals surface area (Å²) in [6.45, 7) is 6.55. The molecule has 0 saturated heterocycles. The number of aromatic nitrogens is 1. The van der Waals surface area contributed by atoms with Gasteiger partial charge in [-0.1, -0.05) is 12.1 Å². The van der Waals surface area contributed by atoms with E-state index in [2.05, 4.69) is 15.6 Å². The van der Waals surface area contributed by atoms with Crippen molar-refractivity contribution in [3.63, 3.8) is 0 Å². The highest BCUT2D eigenvalue weighted by Gasteiger charge is 2.07. The van der Waals surface area contributed by atoms with E-state index in [1.807, 2.05) is 63.4 Å². The topological polar surface area (TPSA) is 54.0 Å². The quantitative estimate of drug-likeness (QED) is 0.886. The molecule has 0 bridgehead atoms. The fraction of sp³-hybridized carbons (Fsp3) is 0.294. The molecule has 1 aromatic carbocycles. The zero-order chi connectivity index (χ0) is 15.2. The number of nitrogens with zero attached hydrogens (tertiary/aromatic N) is 1. The third kappa shape index (κ3) is 4.60. The molecule has 1 heterocycles. The molecule has 2 aromatic rings. The van der Waals surface area contributed by atoms with Crippen LogP contribution in [0, 0.1) is 6.92 Å². The van der Waals surface area contributed by atoms with Crippen molar-refractivity contribution < 1.29 is 4.79 Å². The summed E-state index contributed by atoms with van der Waals surface area (Å²) in [5.41, 5.74) is 3.70. The Balaban J connectivity index is 2.00. The Morgan fingerprint density at radius 3 is 2.71 bits per heavy atom. The van der Waals surface area contributed by atoms with Crippen molar-refractivity contribution in [1.82, 2.24) is 10.3 Å². The number of hydrogen-bond donors (Lipinski definition) is 2. The number of nitrogens with one attached hydrogen (secondary N) is 2. The lowest BCUT2D eigenvalue weighted by molar-refractivity contribution is 0.0943. The van der Waals surface area contributed by atoms with Gasteiger partial charge in [0.2, 0.25) is 0 Å². The van der Waals surface area contributed by atoms with Gasteiger partial charge in [-0.25, -0.2) is 0 Å². The maximum absolute atomic E-state index is 12.0. The van der Waals surface area contributed by atoms with E-state index in [0.717, 1.165) is 16.9 Å². The van der Waals surface area contributed by atoms with Gasteiger partial charge in [-0.05, 0) is 50.6 Å². The number of aryl methyl sites for hydroxylation is 1. The molecular weight excluding hydrogens is 262 g/mol. The van der Waals surface area contributed by atoms with Crippen molar-refractivity contribution in [2.45, 2.75) is 33.4 Å². The zero-order valence-electron chi connectivity index (χ0n) is 12.7. The Labute approximate surface area is 125 Å². The number of pyridine rings is 1. The average Bonchev–Trinajstić information content (AvgIpc) is 2.46. The highest BCUT2D eigenvalue weighted by molar-refractivity contribution is 5.95. The molecule has 0 spiro atoms. The third-order valence-corrected chi connectivity index (χ3v) is 3.01. The second kappa shape index (κ2) is 6.88. The Morgan fingerprint density at radius 1 is 1.24 bits per heavy atom. The molecule has 0 aliphatic rings. The molecule has 4 heteroatoms. The lowest BCUT2D eigenvalue weighted by Crippen LogP contribution is -2.30. The maximum atomic E-state index is 12.0. The molecule has 0 aliphatic heterocycles. The molecule has 0 unspecified atom stereocenters. The molecule has 0 radical (unpaired) electrons. The smallest absolute Gasteiger partial charge is 0.251 e. The van der Waals surface area contributed by atoms with Gasteiger partial charge in [0.25, 0.3) is 5.91 Å². The molecule has 1 aromatic heterocycles. The van der Waals surface area contributed by atoms with E-state index < -0.39 is 0 Å². The van der Waals surface area contributed by atoms with Crippen LogP contribution < -0.4 is 10.6 Å². The van der Waals surface area contributed by atoms with Crippen LogP contribution in [0.5, 0.6) is 0 Å². The van der Waals surface area contributed by atoms with Gasteiger partial charge in [0.05, 0.1) is 0 Å². The van der Waals surface area contributed by atoms with Gasteiger partial charge in [0.1, 0.15) is 0 Å². The number of anilines is 1. The summed E-state index contributed by atoms with van der Waals surface area (Å²) in [7, 11) is 0. The van der Waals surface area contributed by atoms with Crippen molar-refractivity contribution in [2.75, 3.05) is 5.32 Å². The van der Waals surface area contributed by atoms with Gasteiger partial charge in [-0.2, -0.15) is 0 Å². The SMILES string of the molecule is Cc1ccc(CNc2cccc(C(=O)NC(C)C)c2)cn1. The van der Waals surface area contributed by atoms with Crippen molar-refractivity contribution in [1.29, 1.82) is 0 Å². The fourth-order valence-electron chi connectivity index (χ4n) is 1.92. The van der Waals surface area contributed by atoms with E-state index in [4.69, 9.17) is 0 Å². The molecule has 4 nitrogen and oxygen atoms in total. The Hall–Kier alpha value is -2.36. The van der Waals surface area contributed by atoms with Gasteiger partial charge in [0, 0.05) is 35.7 Å². The largest absolute Gasteiger partial charge is 0.381 e. The molecule has 0 fully saturated rings. The molecule has 0 saturated carbocycles. The minimum absolute atomic E-state index is 0.0503. The van der Waals surface area contributed by atoms with Gasteiger partial charge in [-0.15, -0.1) is 0 Å². The predicted octanol–water partition coefficient (Wildman–Crippen LogP) is 3.14. The summed E-state index contributed by atoms with van der Waals surface area (Å²) in [6, 6.07) is 11.7. The van der Waals surface area contributed by atoms with Gasteiger partial charge >= 0.3 is 0 Å². The van der Waals surface area contributed by atoms with Crippen LogP contribution in [0.15, 0.2) is 42.6 Å². The molecule has 2 rings (SSSR count). The van der Waals surface area contributed by atoms with Crippen molar-refractivity contribution >= 4 is 11.6 Å². The summed E-state index contributed by atoms with van der Waals surface area (Å²) < 4.78 is 0. The molecule has 0 aliphatic carbocycles. The van der Waals surface area contributed by atoms with Crippen LogP contribution in [0.3, 0.4) is 0 Å². The second-order valence-corrected chi connectivity index (χ2v) is 5.37. The van der Waals surface area contributed by atoms with Crippen molar-refractivity contribution in [2.24, 2.45) is 0 Å². The van der Waals surface area contributed by atoms with Gasteiger partial charge < -0.3 is 10.6 Å². The van der Waals surface area contributed by atoms with Gasteiger partial charge in [0.15, 0.2) is 0 Å². The molecule has 0 atom stereocenters. The first kappa shape index (κ1) is 15.0. The lowest BCUT2D eigenvalue weighted by atomic mass is 10.1. The van der Waals surface area contributed by atoms with E-state index in [9.17, 15) is 4.79 Å². The molecule has 1 amide bonds. The van der Waals surface area contributed by atoms with E-state index >= 15 is 0 Å². The standard InChI is InChI=1S/C17H21N3O/c1-12(2)20-17(21)15-5-4-6-16(9-15)19-11-14-8-7-13(3)18-10-14/h4-10,12,19H,11H2,1-3H3,(H,20,21). The number of rotatable bonds is 5. The Bertz CT molecular complexity index is 606. The highest BCUT2D eigenvalue weighted by Crippen LogP contribution is 2.12. The number of hydrogen-bond acceptors (Lipinski definition) is 3. The summed E-state index contributed by atoms with van der Waals surface area (Å²) in [6.07, 6.45) is 1.86. The van der Waals surface area contributed by atoms with Crippen LogP contribution in [0.25, 0.3) is 0 Å². The number of carbonyl (C=O) groups is 1. The first-order chi connectivity index (χ1) is 10.0. The summed E-state index contributed by atoms with van der Waals surface area (Å²) in [5, 5.41) is 6.20. The normalized spacial score (nSPS) is 10.5. The van der Waals surface area contributed by atoms with Gasteiger partial charge in [-0.3, -0.25) is 9.78 Å². The van der Waals surface area contributed by atoms with E-state index in [0.29, 0.717) is 12.1 Å². The monoisotopic (exact) mass is 283 g/mol. The van der Waals surface area contributed by atoms with Crippen molar-refractivity contribution in [3.8, 4) is 0 Å². The van der Waals surface area contributed by atoms with Crippen LogP contribution in [-0.2, 0) is 6.54 Å². The Kier molecular flexibility index (Phi) is 4.93. The van der Waals surface area contributed by atoms with E-state index in [1.165, 1.54) is 0 Å². The van der Waals surface area contributed by atoms with Crippen LogP contribution in [0.2, 0.25) is 0 Å². The van der Waals surface area contributed by atoms with Crippen LogP contribution in [0.4, 0.5) is 5.69 Å². The third-order valence-electron chi connectivity index (χ3n) is 3.01. The number of benzene rings is 1. The van der Waals surface area contributed by atoms with Crippen LogP contribution in [0.1, 0.15) is 35.5 Å². The summed E-state index contributed by atoms with van der Waals surface area (Å²) in [4.78, 5) is 16.2. The van der Waals surface area contributed by atoms with Crippen LogP contribution >= 0.6 is 0 Å². The minimum Gasteiger partial charge on any atom is -0.381 e. The van der Waals surface area contributed by atoms with Crippen LogP contribution in [-0.4, -0.2) is 16.9 Å². The second-order valence-electron chi connectivity index (χ2n) is 5.37. The van der Waals surface area contributed by atoms with Crippen molar-refractivity contribution in [3.05, 3.63) is 59.4 Å². The molecule has 110 valence electrons. The predicted molar refractivity (Wildman–Crippen MR) is 85.3 cm³/mol. The zero-order valence-corrected chi connectivity index (χ0v) is 12.7. The first-order valence-electron chi connectivity index (χ1n) is 7.11. The first-order valence-corrected chi connectivity index (χ1v) is 7.11. The summed E-state index contributed by atoms with van der Waals surface area (Å²) >= 11 is 0. The molecular formula is C17H21N3O. The number of amides is 1.